The lowest BCUT2D eigenvalue weighted by molar-refractivity contribution is 0.547. The van der Waals surface area contributed by atoms with Gasteiger partial charge in [0.1, 0.15) is 0 Å². The number of benzene rings is 1. The van der Waals surface area contributed by atoms with Crippen LogP contribution in [0.2, 0.25) is 0 Å². The third-order valence-electron chi connectivity index (χ3n) is 3.54. The van der Waals surface area contributed by atoms with Crippen LogP contribution in [-0.4, -0.2) is 0 Å². The van der Waals surface area contributed by atoms with Gasteiger partial charge in [-0.15, -0.1) is 0 Å². The highest BCUT2D eigenvalue weighted by atomic mass is 14.6. The molecule has 0 radical (unpaired) electrons. The summed E-state index contributed by atoms with van der Waals surface area (Å²) in [6, 6.07) is 6.89. The Morgan fingerprint density at radius 1 is 0.889 bits per heavy atom. The highest BCUT2D eigenvalue weighted by Crippen LogP contribution is 2.20. The van der Waals surface area contributed by atoms with E-state index in [1.165, 1.54) is 55.2 Å². The first-order valence-electron chi connectivity index (χ1n) is 7.47. The van der Waals surface area contributed by atoms with E-state index in [0.29, 0.717) is 0 Å². The van der Waals surface area contributed by atoms with E-state index >= 15 is 0 Å². The molecule has 1 aromatic carbocycles. The van der Waals surface area contributed by atoms with Gasteiger partial charge in [-0.1, -0.05) is 74.8 Å². The van der Waals surface area contributed by atoms with Crippen LogP contribution in [0, 0.1) is 13.8 Å². The fourth-order valence-corrected chi connectivity index (χ4v) is 2.54. The van der Waals surface area contributed by atoms with E-state index in [-0.39, 0.29) is 6.04 Å². The Bertz CT molecular complexity index is 323. The molecule has 1 aromatic rings. The van der Waals surface area contributed by atoms with Gasteiger partial charge in [-0.25, -0.2) is 0 Å². The Kier molecular flexibility index (Phi) is 7.04. The van der Waals surface area contributed by atoms with Crippen molar-refractivity contribution in [3.05, 3.63) is 34.9 Å². The molecule has 0 fully saturated rings. The first-order chi connectivity index (χ1) is 8.63. The number of hydrogen-bond acceptors (Lipinski definition) is 1. The van der Waals surface area contributed by atoms with E-state index < -0.39 is 0 Å². The van der Waals surface area contributed by atoms with Crippen LogP contribution in [0.4, 0.5) is 0 Å². The lowest BCUT2D eigenvalue weighted by Gasteiger charge is -2.13. The fraction of sp³-hybridized carbons (Fsp3) is 0.647. The molecule has 0 saturated carbocycles. The van der Waals surface area contributed by atoms with Gasteiger partial charge in [0.25, 0.3) is 0 Å². The van der Waals surface area contributed by atoms with Gasteiger partial charge in [-0.2, -0.15) is 0 Å². The van der Waals surface area contributed by atoms with Crippen LogP contribution in [0.25, 0.3) is 0 Å². The third kappa shape index (κ3) is 5.68. The van der Waals surface area contributed by atoms with Crippen molar-refractivity contribution in [1.82, 2.24) is 0 Å². The van der Waals surface area contributed by atoms with E-state index in [2.05, 4.69) is 39.0 Å². The average molecular weight is 247 g/mol. The van der Waals surface area contributed by atoms with Crippen molar-refractivity contribution in [2.45, 2.75) is 71.8 Å². The quantitative estimate of drug-likeness (QED) is 0.639. The third-order valence-corrected chi connectivity index (χ3v) is 3.54. The van der Waals surface area contributed by atoms with Gasteiger partial charge in [-0.05, 0) is 25.8 Å². The zero-order chi connectivity index (χ0) is 13.4. The second-order valence-electron chi connectivity index (χ2n) is 5.58. The monoisotopic (exact) mass is 247 g/mol. The first kappa shape index (κ1) is 15.2. The van der Waals surface area contributed by atoms with Crippen molar-refractivity contribution in [1.29, 1.82) is 0 Å². The minimum atomic E-state index is 0.217. The molecule has 1 atom stereocenters. The Morgan fingerprint density at radius 3 is 2.06 bits per heavy atom. The molecule has 102 valence electrons. The van der Waals surface area contributed by atoms with Crippen LogP contribution in [0.5, 0.6) is 0 Å². The maximum atomic E-state index is 6.27. The summed E-state index contributed by atoms with van der Waals surface area (Å²) in [5, 5.41) is 0. The molecule has 1 rings (SSSR count). The normalized spacial score (nSPS) is 12.7. The van der Waals surface area contributed by atoms with Gasteiger partial charge in [0.2, 0.25) is 0 Å². The van der Waals surface area contributed by atoms with Crippen molar-refractivity contribution >= 4 is 0 Å². The van der Waals surface area contributed by atoms with Crippen molar-refractivity contribution in [2.75, 3.05) is 0 Å². The minimum Gasteiger partial charge on any atom is -0.324 e. The highest BCUT2D eigenvalue weighted by Gasteiger charge is 2.06. The second kappa shape index (κ2) is 8.31. The van der Waals surface area contributed by atoms with Gasteiger partial charge in [0.15, 0.2) is 0 Å². The number of hydrogen-bond donors (Lipinski definition) is 1. The Balaban J connectivity index is 2.29. The van der Waals surface area contributed by atoms with Crippen LogP contribution < -0.4 is 5.73 Å². The van der Waals surface area contributed by atoms with Gasteiger partial charge in [0, 0.05) is 6.04 Å². The molecule has 2 N–H and O–H groups in total. The van der Waals surface area contributed by atoms with Crippen molar-refractivity contribution in [3.8, 4) is 0 Å². The molecule has 0 aliphatic heterocycles. The lowest BCUT2D eigenvalue weighted by atomic mass is 9.97. The zero-order valence-corrected chi connectivity index (χ0v) is 12.3. The largest absolute Gasteiger partial charge is 0.324 e. The van der Waals surface area contributed by atoms with E-state index in [4.69, 9.17) is 5.73 Å². The van der Waals surface area contributed by atoms with Crippen molar-refractivity contribution < 1.29 is 0 Å². The zero-order valence-electron chi connectivity index (χ0n) is 12.3. The molecule has 0 spiro atoms. The number of unbranched alkanes of at least 4 members (excludes halogenated alkanes) is 5. The predicted molar refractivity (Wildman–Crippen MR) is 80.8 cm³/mol. The summed E-state index contributed by atoms with van der Waals surface area (Å²) in [7, 11) is 0. The number of rotatable bonds is 8. The topological polar surface area (TPSA) is 26.0 Å². The van der Waals surface area contributed by atoms with Crippen molar-refractivity contribution in [3.63, 3.8) is 0 Å². The van der Waals surface area contributed by atoms with Crippen LogP contribution in [0.3, 0.4) is 0 Å². The Hall–Kier alpha value is -0.820. The summed E-state index contributed by atoms with van der Waals surface area (Å²) >= 11 is 0. The maximum Gasteiger partial charge on any atom is 0.0295 e. The van der Waals surface area contributed by atoms with Crippen LogP contribution in [-0.2, 0) is 0 Å². The molecule has 0 amide bonds. The SMILES string of the molecule is CCCCCCCCC(N)c1cc(C)cc(C)c1. The molecule has 1 nitrogen and oxygen atoms in total. The molecular weight excluding hydrogens is 218 g/mol. The second-order valence-corrected chi connectivity index (χ2v) is 5.58. The molecule has 0 aromatic heterocycles. The first-order valence-corrected chi connectivity index (χ1v) is 7.47. The van der Waals surface area contributed by atoms with Gasteiger partial charge in [-0.3, -0.25) is 0 Å². The van der Waals surface area contributed by atoms with Gasteiger partial charge < -0.3 is 5.73 Å². The van der Waals surface area contributed by atoms with Crippen LogP contribution >= 0.6 is 0 Å². The maximum absolute atomic E-state index is 6.27. The molecule has 0 aliphatic rings. The molecular formula is C17H29N. The summed E-state index contributed by atoms with van der Waals surface area (Å²) < 4.78 is 0. The Labute approximate surface area is 113 Å². The average Bonchev–Trinajstić information content (AvgIpc) is 2.32. The van der Waals surface area contributed by atoms with E-state index in [1.807, 2.05) is 0 Å². The predicted octanol–water partition coefficient (Wildman–Crippen LogP) is 5.05. The smallest absolute Gasteiger partial charge is 0.0295 e. The summed E-state index contributed by atoms with van der Waals surface area (Å²) in [5.41, 5.74) is 10.2. The lowest BCUT2D eigenvalue weighted by Crippen LogP contribution is -2.10. The van der Waals surface area contributed by atoms with Crippen LogP contribution in [0.15, 0.2) is 18.2 Å². The summed E-state index contributed by atoms with van der Waals surface area (Å²) in [6.07, 6.45) is 9.17. The van der Waals surface area contributed by atoms with E-state index in [0.717, 1.165) is 6.42 Å². The van der Waals surface area contributed by atoms with Crippen LogP contribution in [0.1, 0.15) is 74.6 Å². The highest BCUT2D eigenvalue weighted by molar-refractivity contribution is 5.30. The summed E-state index contributed by atoms with van der Waals surface area (Å²) in [4.78, 5) is 0. The molecule has 0 saturated heterocycles. The molecule has 0 aliphatic carbocycles. The number of aryl methyl sites for hydroxylation is 2. The minimum absolute atomic E-state index is 0.217. The number of nitrogens with two attached hydrogens (primary N) is 1. The van der Waals surface area contributed by atoms with Crippen molar-refractivity contribution in [2.24, 2.45) is 5.73 Å². The molecule has 1 heteroatoms. The molecule has 0 heterocycles. The molecule has 1 unspecified atom stereocenters. The fourth-order valence-electron chi connectivity index (χ4n) is 2.54. The van der Waals surface area contributed by atoms with Gasteiger partial charge in [0.05, 0.1) is 0 Å². The molecule has 18 heavy (non-hydrogen) atoms. The summed E-state index contributed by atoms with van der Waals surface area (Å²) in [6.45, 7) is 6.55. The van der Waals surface area contributed by atoms with Gasteiger partial charge >= 0.3 is 0 Å². The summed E-state index contributed by atoms with van der Waals surface area (Å²) in [5.74, 6) is 0. The standard InChI is InChI=1S/C17H29N/c1-4-5-6-7-8-9-10-17(18)16-12-14(2)11-15(3)13-16/h11-13,17H,4-10,18H2,1-3H3. The van der Waals surface area contributed by atoms with E-state index in [1.54, 1.807) is 0 Å². The van der Waals surface area contributed by atoms with E-state index in [9.17, 15) is 0 Å². The Morgan fingerprint density at radius 2 is 1.44 bits per heavy atom. The molecule has 0 bridgehead atoms.